The number of nitrogens with one attached hydrogen (secondary N) is 2. The predicted octanol–water partition coefficient (Wildman–Crippen LogP) is 1.34. The van der Waals surface area contributed by atoms with Crippen molar-refractivity contribution in [3.05, 3.63) is 30.3 Å². The molecule has 1 aromatic carbocycles. The first-order valence-corrected chi connectivity index (χ1v) is 4.46. The number of rotatable bonds is 4. The lowest BCUT2D eigenvalue weighted by Crippen LogP contribution is -2.36. The van der Waals surface area contributed by atoms with Crippen molar-refractivity contribution in [2.45, 2.75) is 5.50 Å². The third-order valence-electron chi connectivity index (χ3n) is 1.53. The van der Waals surface area contributed by atoms with Crippen molar-refractivity contribution in [3.63, 3.8) is 0 Å². The number of methoxy groups -OCH3 is 1. The highest BCUT2D eigenvalue weighted by molar-refractivity contribution is 6.29. The van der Waals surface area contributed by atoms with Gasteiger partial charge in [-0.3, -0.25) is 0 Å². The molecule has 5 heteroatoms. The highest BCUT2D eigenvalue weighted by Crippen LogP contribution is 2.03. The van der Waals surface area contributed by atoms with Gasteiger partial charge in [0.15, 0.2) is 5.50 Å². The Bertz CT molecular complexity index is 292. The summed E-state index contributed by atoms with van der Waals surface area (Å²) in [4.78, 5) is 10.9. The number of hydrogen-bond donors (Lipinski definition) is 2. The monoisotopic (exact) mass is 214 g/mol. The lowest BCUT2D eigenvalue weighted by Gasteiger charge is -2.11. The molecule has 1 unspecified atom stereocenters. The van der Waals surface area contributed by atoms with Crippen LogP contribution < -0.4 is 10.9 Å². The van der Waals surface area contributed by atoms with E-state index in [2.05, 4.69) is 15.6 Å². The highest BCUT2D eigenvalue weighted by Gasteiger charge is 2.13. The summed E-state index contributed by atoms with van der Waals surface area (Å²) in [5.41, 5.74) is 5.29. The molecule has 0 spiro atoms. The number of hydrazine groups is 1. The van der Waals surface area contributed by atoms with Gasteiger partial charge in [-0.05, 0) is 12.1 Å². The van der Waals surface area contributed by atoms with Crippen LogP contribution in [0.1, 0.15) is 0 Å². The second kappa shape index (κ2) is 5.47. The van der Waals surface area contributed by atoms with E-state index in [1.807, 2.05) is 30.3 Å². The van der Waals surface area contributed by atoms with Crippen LogP contribution in [0.5, 0.6) is 0 Å². The maximum absolute atomic E-state index is 10.9. The average molecular weight is 215 g/mol. The zero-order chi connectivity index (χ0) is 10.4. The summed E-state index contributed by atoms with van der Waals surface area (Å²) in [6, 6.07) is 9.31. The van der Waals surface area contributed by atoms with Crippen LogP contribution in [0.3, 0.4) is 0 Å². The zero-order valence-electron chi connectivity index (χ0n) is 7.66. The number of carbonyl (C=O) groups is 1. The van der Waals surface area contributed by atoms with Gasteiger partial charge < -0.3 is 10.2 Å². The number of alkyl halides is 1. The van der Waals surface area contributed by atoms with E-state index in [-0.39, 0.29) is 0 Å². The Morgan fingerprint density at radius 1 is 1.43 bits per heavy atom. The number of anilines is 1. The summed E-state index contributed by atoms with van der Waals surface area (Å²) >= 11 is 5.63. The Labute approximate surface area is 87.2 Å². The maximum atomic E-state index is 10.9. The molecule has 4 nitrogen and oxygen atoms in total. The van der Waals surface area contributed by atoms with Crippen LogP contribution >= 0.6 is 11.6 Å². The first-order chi connectivity index (χ1) is 6.74. The van der Waals surface area contributed by atoms with E-state index in [9.17, 15) is 4.79 Å². The minimum absolute atomic E-state index is 0.532. The summed E-state index contributed by atoms with van der Waals surface area (Å²) in [7, 11) is 1.28. The van der Waals surface area contributed by atoms with Crippen LogP contribution in [-0.2, 0) is 9.53 Å². The Hall–Kier alpha value is -1.26. The van der Waals surface area contributed by atoms with Crippen LogP contribution in [0, 0.1) is 0 Å². The lowest BCUT2D eigenvalue weighted by atomic mass is 10.3. The molecule has 2 N–H and O–H groups in total. The third kappa shape index (κ3) is 3.24. The Balaban J connectivity index is 2.38. The summed E-state index contributed by atoms with van der Waals surface area (Å²) < 4.78 is 4.43. The Kier molecular flexibility index (Phi) is 4.22. The van der Waals surface area contributed by atoms with Gasteiger partial charge in [0.05, 0.1) is 7.11 Å². The molecule has 0 aliphatic rings. The number of ether oxygens (including phenoxy) is 1. The van der Waals surface area contributed by atoms with Crippen molar-refractivity contribution < 1.29 is 9.53 Å². The number of benzene rings is 1. The molecule has 1 aromatic rings. The molecule has 0 saturated carbocycles. The van der Waals surface area contributed by atoms with Crippen molar-refractivity contribution in [2.24, 2.45) is 0 Å². The Morgan fingerprint density at radius 2 is 2.07 bits per heavy atom. The van der Waals surface area contributed by atoms with Gasteiger partial charge in [0.25, 0.3) is 0 Å². The molecular weight excluding hydrogens is 204 g/mol. The fraction of sp³-hybridized carbons (Fsp3) is 0.222. The first-order valence-electron chi connectivity index (χ1n) is 4.02. The molecule has 1 atom stereocenters. The fourth-order valence-electron chi connectivity index (χ4n) is 0.831. The highest BCUT2D eigenvalue weighted by atomic mass is 35.5. The van der Waals surface area contributed by atoms with Gasteiger partial charge in [0.1, 0.15) is 0 Å². The number of para-hydroxylation sites is 1. The molecule has 0 aliphatic heterocycles. The smallest absolute Gasteiger partial charge is 0.340 e. The molecule has 14 heavy (non-hydrogen) atoms. The van der Waals surface area contributed by atoms with Gasteiger partial charge in [-0.15, -0.1) is 0 Å². The molecule has 0 radical (unpaired) electrons. The van der Waals surface area contributed by atoms with Crippen LogP contribution in [0.4, 0.5) is 5.69 Å². The number of hydrogen-bond acceptors (Lipinski definition) is 4. The third-order valence-corrected chi connectivity index (χ3v) is 1.81. The molecule has 0 saturated heterocycles. The van der Waals surface area contributed by atoms with Gasteiger partial charge in [0.2, 0.25) is 0 Å². The van der Waals surface area contributed by atoms with Crippen LogP contribution in [-0.4, -0.2) is 18.6 Å². The second-order valence-corrected chi connectivity index (χ2v) is 2.96. The van der Waals surface area contributed by atoms with E-state index in [1.54, 1.807) is 0 Å². The minimum atomic E-state index is -0.903. The maximum Gasteiger partial charge on any atom is 0.340 e. The molecule has 76 valence electrons. The topological polar surface area (TPSA) is 50.4 Å². The van der Waals surface area contributed by atoms with E-state index in [1.165, 1.54) is 7.11 Å². The number of halogens is 1. The van der Waals surface area contributed by atoms with Crippen LogP contribution in [0.25, 0.3) is 0 Å². The SMILES string of the molecule is COC(=O)C(Cl)NNc1ccccc1. The molecule has 0 aliphatic carbocycles. The average Bonchev–Trinajstić information content (AvgIpc) is 2.26. The van der Waals surface area contributed by atoms with E-state index < -0.39 is 11.5 Å². The molecule has 1 rings (SSSR count). The fourth-order valence-corrected chi connectivity index (χ4v) is 0.974. The second-order valence-electron chi connectivity index (χ2n) is 2.52. The van der Waals surface area contributed by atoms with Crippen molar-refractivity contribution in [2.75, 3.05) is 12.5 Å². The standard InChI is InChI=1S/C9H11ClN2O2/c1-14-9(13)8(10)12-11-7-5-3-2-4-6-7/h2-6,8,11-12H,1H3. The van der Waals surface area contributed by atoms with Gasteiger partial charge in [0, 0.05) is 5.69 Å². The van der Waals surface area contributed by atoms with Crippen molar-refractivity contribution in [1.29, 1.82) is 0 Å². The van der Waals surface area contributed by atoms with E-state index >= 15 is 0 Å². The van der Waals surface area contributed by atoms with Gasteiger partial charge in [-0.25, -0.2) is 10.2 Å². The molecule has 0 amide bonds. The largest absolute Gasteiger partial charge is 0.467 e. The first kappa shape index (κ1) is 10.8. The van der Waals surface area contributed by atoms with Crippen LogP contribution in [0.2, 0.25) is 0 Å². The summed E-state index contributed by atoms with van der Waals surface area (Å²) in [5.74, 6) is -0.532. The van der Waals surface area contributed by atoms with Crippen molar-refractivity contribution in [3.8, 4) is 0 Å². The number of esters is 1. The summed E-state index contributed by atoms with van der Waals surface area (Å²) in [6.45, 7) is 0. The van der Waals surface area contributed by atoms with Crippen molar-refractivity contribution >= 4 is 23.3 Å². The minimum Gasteiger partial charge on any atom is -0.467 e. The van der Waals surface area contributed by atoms with Crippen LogP contribution in [0.15, 0.2) is 30.3 Å². The molecule has 0 fully saturated rings. The molecule has 0 aromatic heterocycles. The van der Waals surface area contributed by atoms with Gasteiger partial charge in [-0.1, -0.05) is 29.8 Å². The lowest BCUT2D eigenvalue weighted by molar-refractivity contribution is -0.140. The molecule has 0 bridgehead atoms. The molecule has 0 heterocycles. The van der Waals surface area contributed by atoms with E-state index in [4.69, 9.17) is 11.6 Å². The normalized spacial score (nSPS) is 11.9. The van der Waals surface area contributed by atoms with Gasteiger partial charge in [-0.2, -0.15) is 0 Å². The summed E-state index contributed by atoms with van der Waals surface area (Å²) in [5, 5.41) is 0. The predicted molar refractivity (Wildman–Crippen MR) is 54.9 cm³/mol. The van der Waals surface area contributed by atoms with E-state index in [0.29, 0.717) is 0 Å². The quantitative estimate of drug-likeness (QED) is 0.344. The van der Waals surface area contributed by atoms with Gasteiger partial charge >= 0.3 is 5.97 Å². The van der Waals surface area contributed by atoms with Crippen molar-refractivity contribution in [1.82, 2.24) is 5.43 Å². The summed E-state index contributed by atoms with van der Waals surface area (Å²) in [6.07, 6.45) is 0. The molecular formula is C9H11ClN2O2. The zero-order valence-corrected chi connectivity index (χ0v) is 8.41. The Morgan fingerprint density at radius 3 is 2.64 bits per heavy atom. The number of carbonyl (C=O) groups excluding carboxylic acids is 1. The van der Waals surface area contributed by atoms with E-state index in [0.717, 1.165) is 5.69 Å².